The van der Waals surface area contributed by atoms with Gasteiger partial charge in [0.1, 0.15) is 0 Å². The normalized spacial score (nSPS) is 12.7. The van der Waals surface area contributed by atoms with Gasteiger partial charge in [0.2, 0.25) is 0 Å². The number of rotatable bonds is 7. The van der Waals surface area contributed by atoms with Crippen LogP contribution in [-0.2, 0) is 0 Å². The van der Waals surface area contributed by atoms with Crippen LogP contribution in [0.2, 0.25) is 0 Å². The van der Waals surface area contributed by atoms with E-state index in [2.05, 4.69) is 36.7 Å². The summed E-state index contributed by atoms with van der Waals surface area (Å²) in [7, 11) is 0. The number of ketones is 1. The Kier molecular flexibility index (Phi) is 7.02. The van der Waals surface area contributed by atoms with E-state index in [0.29, 0.717) is 17.6 Å². The zero-order chi connectivity index (χ0) is 13.5. The first-order valence-electron chi connectivity index (χ1n) is 6.41. The highest BCUT2D eigenvalue weighted by atomic mass is 79.9. The highest BCUT2D eigenvalue weighted by molar-refractivity contribution is 9.10. The summed E-state index contributed by atoms with van der Waals surface area (Å²) in [5.41, 5.74) is 0.820. The second-order valence-electron chi connectivity index (χ2n) is 4.85. The summed E-state index contributed by atoms with van der Waals surface area (Å²) in [6.07, 6.45) is 1.62. The van der Waals surface area contributed by atoms with Crippen molar-refractivity contribution < 1.29 is 4.79 Å². The summed E-state index contributed by atoms with van der Waals surface area (Å²) in [6.45, 7) is 6.74. The zero-order valence-electron chi connectivity index (χ0n) is 11.3. The van der Waals surface area contributed by atoms with E-state index in [1.54, 1.807) is 0 Å². The van der Waals surface area contributed by atoms with Crippen LogP contribution in [0.1, 0.15) is 44.0 Å². The predicted octanol–water partition coefficient (Wildman–Crippen LogP) is 5.19. The molecule has 0 fully saturated rings. The summed E-state index contributed by atoms with van der Waals surface area (Å²) < 4.78 is 1.01. The minimum Gasteiger partial charge on any atom is -0.294 e. The Bertz CT molecular complexity index is 373. The molecular weight excluding hydrogens is 308 g/mol. The maximum absolute atomic E-state index is 11.9. The molecule has 1 rings (SSSR count). The minimum atomic E-state index is 0.250. The molecule has 0 bridgehead atoms. The number of hydrogen-bond donors (Lipinski definition) is 0. The first kappa shape index (κ1) is 15.8. The van der Waals surface area contributed by atoms with Crippen molar-refractivity contribution in [2.24, 2.45) is 5.92 Å². The molecule has 0 amide bonds. The minimum absolute atomic E-state index is 0.250. The number of halogens is 1. The Morgan fingerprint density at radius 2 is 1.83 bits per heavy atom. The van der Waals surface area contributed by atoms with Crippen LogP contribution in [0.15, 0.2) is 28.7 Å². The summed E-state index contributed by atoms with van der Waals surface area (Å²) in [5.74, 6) is 2.03. The molecule has 0 N–H and O–H groups in total. The van der Waals surface area contributed by atoms with Gasteiger partial charge >= 0.3 is 0 Å². The first-order chi connectivity index (χ1) is 8.50. The predicted molar refractivity (Wildman–Crippen MR) is 84.5 cm³/mol. The Labute approximate surface area is 123 Å². The Hall–Kier alpha value is -0.280. The quantitative estimate of drug-likeness (QED) is 0.506. The number of benzene rings is 1. The second kappa shape index (κ2) is 8.00. The number of Topliss-reactive ketones (excluding diaryl/α,β-unsaturated/α-hetero) is 1. The lowest BCUT2D eigenvalue weighted by atomic mass is 10.1. The van der Waals surface area contributed by atoms with Crippen molar-refractivity contribution in [2.75, 3.05) is 5.75 Å². The van der Waals surface area contributed by atoms with Gasteiger partial charge in [0, 0.05) is 21.7 Å². The van der Waals surface area contributed by atoms with Crippen molar-refractivity contribution in [3.8, 4) is 0 Å². The second-order valence-corrected chi connectivity index (χ2v) is 7.25. The van der Waals surface area contributed by atoms with Gasteiger partial charge in [0.15, 0.2) is 5.78 Å². The molecule has 100 valence electrons. The average Bonchev–Trinajstić information content (AvgIpc) is 2.34. The van der Waals surface area contributed by atoms with Crippen LogP contribution in [0, 0.1) is 5.92 Å². The lowest BCUT2D eigenvalue weighted by Crippen LogP contribution is -2.07. The third kappa shape index (κ3) is 5.57. The molecule has 0 saturated heterocycles. The molecule has 0 radical (unpaired) electrons. The van der Waals surface area contributed by atoms with Crippen molar-refractivity contribution in [2.45, 2.75) is 38.9 Å². The molecule has 1 unspecified atom stereocenters. The van der Waals surface area contributed by atoms with E-state index in [1.807, 2.05) is 36.0 Å². The molecule has 0 aliphatic rings. The van der Waals surface area contributed by atoms with Crippen LogP contribution in [0.25, 0.3) is 0 Å². The van der Waals surface area contributed by atoms with E-state index in [-0.39, 0.29) is 5.78 Å². The van der Waals surface area contributed by atoms with Crippen LogP contribution >= 0.6 is 27.7 Å². The van der Waals surface area contributed by atoms with Crippen molar-refractivity contribution in [1.29, 1.82) is 0 Å². The summed E-state index contributed by atoms with van der Waals surface area (Å²) in [5, 5.41) is 0.674. The van der Waals surface area contributed by atoms with Crippen molar-refractivity contribution in [3.63, 3.8) is 0 Å². The van der Waals surface area contributed by atoms with Gasteiger partial charge in [0.05, 0.1) is 0 Å². The van der Waals surface area contributed by atoms with E-state index >= 15 is 0 Å². The first-order valence-corrected chi connectivity index (χ1v) is 8.25. The molecule has 3 heteroatoms. The van der Waals surface area contributed by atoms with Crippen molar-refractivity contribution >= 4 is 33.5 Å². The highest BCUT2D eigenvalue weighted by Gasteiger charge is 2.09. The van der Waals surface area contributed by atoms with E-state index < -0.39 is 0 Å². The molecule has 0 aliphatic heterocycles. The maximum Gasteiger partial charge on any atom is 0.162 e. The molecular formula is C15H21BrOS. The molecule has 1 aromatic carbocycles. The van der Waals surface area contributed by atoms with Gasteiger partial charge in [-0.15, -0.1) is 0 Å². The maximum atomic E-state index is 11.9. The Balaban J connectivity index is 2.27. The molecule has 0 spiro atoms. The van der Waals surface area contributed by atoms with E-state index in [1.165, 1.54) is 0 Å². The van der Waals surface area contributed by atoms with Crippen molar-refractivity contribution in [1.82, 2.24) is 0 Å². The summed E-state index contributed by atoms with van der Waals surface area (Å²) >= 11 is 5.34. The van der Waals surface area contributed by atoms with Crippen molar-refractivity contribution in [3.05, 3.63) is 34.3 Å². The van der Waals surface area contributed by atoms with Crippen LogP contribution in [0.5, 0.6) is 0 Å². The van der Waals surface area contributed by atoms with Gasteiger partial charge in [0.25, 0.3) is 0 Å². The zero-order valence-corrected chi connectivity index (χ0v) is 13.7. The van der Waals surface area contributed by atoms with Gasteiger partial charge in [-0.1, -0.05) is 48.8 Å². The topological polar surface area (TPSA) is 17.1 Å². The fourth-order valence-corrected chi connectivity index (χ4v) is 2.81. The molecule has 18 heavy (non-hydrogen) atoms. The van der Waals surface area contributed by atoms with Crippen LogP contribution < -0.4 is 0 Å². The lowest BCUT2D eigenvalue weighted by molar-refractivity contribution is 0.0982. The lowest BCUT2D eigenvalue weighted by Gasteiger charge is -2.14. The van der Waals surface area contributed by atoms with Gasteiger partial charge < -0.3 is 0 Å². The van der Waals surface area contributed by atoms with E-state index in [9.17, 15) is 4.79 Å². The Morgan fingerprint density at radius 1 is 1.22 bits per heavy atom. The molecule has 0 saturated carbocycles. The van der Waals surface area contributed by atoms with Gasteiger partial charge in [-0.05, 0) is 30.2 Å². The Morgan fingerprint density at radius 3 is 2.39 bits per heavy atom. The van der Waals surface area contributed by atoms with E-state index in [0.717, 1.165) is 22.2 Å². The van der Waals surface area contributed by atoms with Crippen LogP contribution in [-0.4, -0.2) is 16.8 Å². The SMILES string of the molecule is CC(C)C(C)SCCCC(=O)c1ccc(Br)cc1. The molecule has 0 heterocycles. The number of carbonyl (C=O) groups excluding carboxylic acids is 1. The monoisotopic (exact) mass is 328 g/mol. The number of carbonyl (C=O) groups is 1. The number of hydrogen-bond acceptors (Lipinski definition) is 2. The molecule has 0 aliphatic carbocycles. The van der Waals surface area contributed by atoms with Gasteiger partial charge in [-0.3, -0.25) is 4.79 Å². The fraction of sp³-hybridized carbons (Fsp3) is 0.533. The van der Waals surface area contributed by atoms with Gasteiger partial charge in [-0.2, -0.15) is 11.8 Å². The molecule has 0 aromatic heterocycles. The highest BCUT2D eigenvalue weighted by Crippen LogP contribution is 2.20. The standard InChI is InChI=1S/C15H21BrOS/c1-11(2)12(3)18-10-4-5-15(17)13-6-8-14(16)9-7-13/h6-9,11-12H,4-5,10H2,1-3H3. The summed E-state index contributed by atoms with van der Waals surface area (Å²) in [4.78, 5) is 11.9. The summed E-state index contributed by atoms with van der Waals surface area (Å²) in [6, 6.07) is 7.61. The third-order valence-corrected chi connectivity index (χ3v) is 5.16. The van der Waals surface area contributed by atoms with Gasteiger partial charge in [-0.25, -0.2) is 0 Å². The molecule has 1 aromatic rings. The van der Waals surface area contributed by atoms with Crippen LogP contribution in [0.3, 0.4) is 0 Å². The third-order valence-electron chi connectivity index (χ3n) is 3.03. The van der Waals surface area contributed by atoms with E-state index in [4.69, 9.17) is 0 Å². The molecule has 1 nitrogen and oxygen atoms in total. The number of thioether (sulfide) groups is 1. The molecule has 1 atom stereocenters. The largest absolute Gasteiger partial charge is 0.294 e. The van der Waals surface area contributed by atoms with Crippen LogP contribution in [0.4, 0.5) is 0 Å². The smallest absolute Gasteiger partial charge is 0.162 e. The average molecular weight is 329 g/mol. The fourth-order valence-electron chi connectivity index (χ4n) is 1.47.